The molecule has 4 N–H and O–H groups in total. The molecule has 0 spiro atoms. The fraction of sp³-hybridized carbons (Fsp3) is 0.500. The monoisotopic (exact) mass is 437 g/mol. The number of aliphatic hydroxyl groups is 2. The van der Waals surface area contributed by atoms with Gasteiger partial charge in [-0.25, -0.2) is 0 Å². The maximum Gasteiger partial charge on any atom is 0.296 e. The number of hydrogen-bond donors (Lipinski definition) is 4. The zero-order chi connectivity index (χ0) is 22.7. The molecule has 0 fully saturated rings. The third kappa shape index (κ3) is 8.53. The van der Waals surface area contributed by atoms with Gasteiger partial charge in [-0.15, -0.1) is 0 Å². The van der Waals surface area contributed by atoms with Gasteiger partial charge in [-0.1, -0.05) is 48.7 Å². The number of ether oxygens (including phenoxy) is 1. The van der Waals surface area contributed by atoms with E-state index in [9.17, 15) is 24.1 Å². The Morgan fingerprint density at radius 2 is 1.84 bits per heavy atom. The van der Waals surface area contributed by atoms with Crippen molar-refractivity contribution in [2.75, 3.05) is 26.3 Å². The molecule has 1 atom stereocenters. The van der Waals surface area contributed by atoms with Gasteiger partial charge in [0.2, 0.25) is 0 Å². The van der Waals surface area contributed by atoms with E-state index in [0.29, 0.717) is 24.3 Å². The summed E-state index contributed by atoms with van der Waals surface area (Å²) in [6.45, 7) is 2.30. The summed E-state index contributed by atoms with van der Waals surface area (Å²) in [6, 6.07) is 11.0. The van der Waals surface area contributed by atoms with E-state index in [-0.39, 0.29) is 17.9 Å². The number of hydrogen-bond acceptors (Lipinski definition) is 5. The number of benzene rings is 2. The maximum absolute atomic E-state index is 14.1. The van der Waals surface area contributed by atoms with Crippen LogP contribution in [0.3, 0.4) is 0 Å². The van der Waals surface area contributed by atoms with Gasteiger partial charge in [0.05, 0.1) is 12.7 Å². The first-order chi connectivity index (χ1) is 14.8. The van der Waals surface area contributed by atoms with Crippen molar-refractivity contribution in [2.24, 2.45) is 0 Å². The molecule has 0 saturated heterocycles. The molecule has 2 rings (SSSR count). The van der Waals surface area contributed by atoms with Gasteiger partial charge in [-0.3, -0.25) is 0 Å². The molecule has 5 nitrogen and oxygen atoms in total. The van der Waals surface area contributed by atoms with Crippen LogP contribution in [0, 0.1) is 6.92 Å². The van der Waals surface area contributed by atoms with E-state index in [1.165, 1.54) is 18.2 Å². The smallest absolute Gasteiger partial charge is 0.296 e. The molecule has 0 aliphatic rings. The molecule has 0 aromatic heterocycles. The summed E-state index contributed by atoms with van der Waals surface area (Å²) in [4.78, 5) is 0. The van der Waals surface area contributed by atoms with Crippen molar-refractivity contribution in [3.63, 3.8) is 0 Å². The summed E-state index contributed by atoms with van der Waals surface area (Å²) < 4.78 is 33.4. The third-order valence-corrected chi connectivity index (χ3v) is 5.11. The highest BCUT2D eigenvalue weighted by Gasteiger charge is 2.31. The molecule has 0 saturated carbocycles. The van der Waals surface area contributed by atoms with Crippen molar-refractivity contribution in [1.29, 1.82) is 0 Å². The largest absolute Gasteiger partial charge is 0.508 e. The molecule has 0 bridgehead atoms. The Morgan fingerprint density at radius 1 is 1.06 bits per heavy atom. The molecule has 0 amide bonds. The van der Waals surface area contributed by atoms with Crippen LogP contribution in [0.4, 0.5) is 8.78 Å². The molecule has 172 valence electrons. The highest BCUT2D eigenvalue weighted by atomic mass is 19.3. The average Bonchev–Trinajstić information content (AvgIpc) is 2.75. The van der Waals surface area contributed by atoms with Crippen molar-refractivity contribution >= 4 is 0 Å². The summed E-state index contributed by atoms with van der Waals surface area (Å²) in [5.41, 5.74) is 1.81. The summed E-state index contributed by atoms with van der Waals surface area (Å²) in [5.74, 6) is -2.97. The fourth-order valence-electron chi connectivity index (χ4n) is 3.26. The van der Waals surface area contributed by atoms with E-state index in [0.717, 1.165) is 37.8 Å². The molecular weight excluding hydrogens is 404 g/mol. The number of halogens is 2. The minimum Gasteiger partial charge on any atom is -0.508 e. The maximum atomic E-state index is 14.1. The van der Waals surface area contributed by atoms with Crippen LogP contribution in [-0.2, 0) is 17.3 Å². The summed E-state index contributed by atoms with van der Waals surface area (Å²) in [5, 5.41) is 32.1. The first-order valence-corrected chi connectivity index (χ1v) is 10.7. The normalized spacial score (nSPS) is 12.8. The minimum absolute atomic E-state index is 0.00858. The predicted octanol–water partition coefficient (Wildman–Crippen LogP) is 4.18. The lowest BCUT2D eigenvalue weighted by atomic mass is 10.1. The molecule has 2 aromatic rings. The first kappa shape index (κ1) is 25.2. The van der Waals surface area contributed by atoms with Crippen molar-refractivity contribution in [2.45, 2.75) is 51.2 Å². The van der Waals surface area contributed by atoms with Crippen LogP contribution in [0.5, 0.6) is 5.75 Å². The standard InChI is InChI=1S/C24H33F2NO4/c1-18-7-6-8-21(13-18)24(25,26)17-31-12-5-3-2-4-11-27-15-23(30)19-9-10-22(29)20(14-19)16-28/h6-10,13-14,23,27-30H,2-5,11-12,15-17H2,1H3. The van der Waals surface area contributed by atoms with Crippen molar-refractivity contribution in [1.82, 2.24) is 5.32 Å². The molecule has 0 radical (unpaired) electrons. The molecule has 0 aliphatic heterocycles. The quantitative estimate of drug-likeness (QED) is 0.333. The second-order valence-electron chi connectivity index (χ2n) is 7.81. The van der Waals surface area contributed by atoms with Crippen LogP contribution in [-0.4, -0.2) is 41.6 Å². The van der Waals surface area contributed by atoms with Gasteiger partial charge in [-0.05, 0) is 44.0 Å². The Morgan fingerprint density at radius 3 is 2.58 bits per heavy atom. The van der Waals surface area contributed by atoms with Gasteiger partial charge in [-0.2, -0.15) is 8.78 Å². The van der Waals surface area contributed by atoms with Crippen molar-refractivity contribution in [3.05, 3.63) is 64.7 Å². The van der Waals surface area contributed by atoms with E-state index in [1.54, 1.807) is 31.2 Å². The number of nitrogens with one attached hydrogen (secondary N) is 1. The SMILES string of the molecule is Cc1cccc(C(F)(F)COCCCCCCNCC(O)c2ccc(O)c(CO)c2)c1. The summed E-state index contributed by atoms with van der Waals surface area (Å²) in [7, 11) is 0. The van der Waals surface area contributed by atoms with Gasteiger partial charge in [0, 0.05) is 24.3 Å². The Labute approximate surface area is 182 Å². The van der Waals surface area contributed by atoms with Crippen molar-refractivity contribution < 1.29 is 28.8 Å². The molecular formula is C24H33F2NO4. The first-order valence-electron chi connectivity index (χ1n) is 10.7. The number of rotatable bonds is 14. The zero-order valence-corrected chi connectivity index (χ0v) is 18.0. The average molecular weight is 438 g/mol. The molecule has 0 aliphatic carbocycles. The van der Waals surface area contributed by atoms with E-state index in [2.05, 4.69) is 5.32 Å². The lowest BCUT2D eigenvalue weighted by Gasteiger charge is -2.17. The molecule has 7 heteroatoms. The van der Waals surface area contributed by atoms with Crippen molar-refractivity contribution in [3.8, 4) is 5.75 Å². The number of phenols is 1. The molecule has 31 heavy (non-hydrogen) atoms. The van der Waals surface area contributed by atoms with Crippen LogP contribution in [0.2, 0.25) is 0 Å². The van der Waals surface area contributed by atoms with Crippen LogP contribution in [0.1, 0.15) is 54.0 Å². The second-order valence-corrected chi connectivity index (χ2v) is 7.81. The van der Waals surface area contributed by atoms with E-state index in [1.807, 2.05) is 0 Å². The zero-order valence-electron chi connectivity index (χ0n) is 18.0. The lowest BCUT2D eigenvalue weighted by Crippen LogP contribution is -2.22. The highest BCUT2D eigenvalue weighted by Crippen LogP contribution is 2.28. The van der Waals surface area contributed by atoms with Gasteiger partial charge < -0.3 is 25.4 Å². The van der Waals surface area contributed by atoms with Gasteiger partial charge in [0.25, 0.3) is 5.92 Å². The van der Waals surface area contributed by atoms with E-state index in [4.69, 9.17) is 4.74 Å². The Bertz CT molecular complexity index is 801. The Kier molecular flexibility index (Phi) is 10.3. The number of alkyl halides is 2. The Balaban J connectivity index is 1.52. The second kappa shape index (κ2) is 12.7. The number of unbranched alkanes of at least 4 members (excludes halogenated alkanes) is 3. The van der Waals surface area contributed by atoms with E-state index < -0.39 is 18.6 Å². The topological polar surface area (TPSA) is 82.0 Å². The lowest BCUT2D eigenvalue weighted by molar-refractivity contribution is -0.0831. The number of aryl methyl sites for hydroxylation is 1. The van der Waals surface area contributed by atoms with Gasteiger partial charge in [0.1, 0.15) is 12.4 Å². The van der Waals surface area contributed by atoms with Crippen LogP contribution in [0.15, 0.2) is 42.5 Å². The van der Waals surface area contributed by atoms with Crippen LogP contribution >= 0.6 is 0 Å². The molecule has 1 unspecified atom stereocenters. The number of aliphatic hydroxyl groups excluding tert-OH is 2. The summed E-state index contributed by atoms with van der Waals surface area (Å²) in [6.07, 6.45) is 2.73. The van der Waals surface area contributed by atoms with Gasteiger partial charge >= 0.3 is 0 Å². The Hall–Kier alpha value is -2.06. The molecule has 0 heterocycles. The minimum atomic E-state index is -2.98. The number of aromatic hydroxyl groups is 1. The van der Waals surface area contributed by atoms with Crippen LogP contribution < -0.4 is 5.32 Å². The van der Waals surface area contributed by atoms with E-state index >= 15 is 0 Å². The molecule has 2 aromatic carbocycles. The van der Waals surface area contributed by atoms with Gasteiger partial charge in [0.15, 0.2) is 0 Å². The predicted molar refractivity (Wildman–Crippen MR) is 116 cm³/mol. The summed E-state index contributed by atoms with van der Waals surface area (Å²) >= 11 is 0. The third-order valence-electron chi connectivity index (χ3n) is 5.11. The van der Waals surface area contributed by atoms with Crippen LogP contribution in [0.25, 0.3) is 0 Å². The fourth-order valence-corrected chi connectivity index (χ4v) is 3.26. The highest BCUT2D eigenvalue weighted by molar-refractivity contribution is 5.36.